The number of piperazine rings is 1. The number of rotatable bonds is 8. The Morgan fingerprint density at radius 1 is 1.03 bits per heavy atom. The highest BCUT2D eigenvalue weighted by Crippen LogP contribution is 2.32. The van der Waals surface area contributed by atoms with E-state index in [0.717, 1.165) is 49.3 Å². The first-order valence-corrected chi connectivity index (χ1v) is 13.0. The van der Waals surface area contributed by atoms with Gasteiger partial charge in [0, 0.05) is 48.3 Å². The predicted octanol–water partition coefficient (Wildman–Crippen LogP) is 3.97. The van der Waals surface area contributed by atoms with E-state index in [1.54, 1.807) is 0 Å². The summed E-state index contributed by atoms with van der Waals surface area (Å²) in [5.74, 6) is 1.46. The molecule has 9 nitrogen and oxygen atoms in total. The minimum Gasteiger partial charge on any atom is -0.494 e. The number of H-pyrrole nitrogens is 1. The van der Waals surface area contributed by atoms with E-state index < -0.39 is 0 Å². The van der Waals surface area contributed by atoms with Crippen LogP contribution in [0.5, 0.6) is 5.75 Å². The Morgan fingerprint density at radius 2 is 1.78 bits per heavy atom. The van der Waals surface area contributed by atoms with Gasteiger partial charge in [0.15, 0.2) is 5.82 Å². The average Bonchev–Trinajstić information content (AvgIpc) is 3.41. The Labute approximate surface area is 217 Å². The number of aromatic amines is 1. The molecule has 194 valence electrons. The van der Waals surface area contributed by atoms with Crippen LogP contribution in [-0.2, 0) is 5.54 Å². The zero-order valence-corrected chi connectivity index (χ0v) is 22.0. The van der Waals surface area contributed by atoms with Crippen LogP contribution in [0, 0.1) is 0 Å². The minimum atomic E-state index is -0.386. The average molecular weight is 502 g/mol. The smallest absolute Gasteiger partial charge is 0.253 e. The third-order valence-corrected chi connectivity index (χ3v) is 7.43. The molecule has 37 heavy (non-hydrogen) atoms. The van der Waals surface area contributed by atoms with Crippen LogP contribution in [0.1, 0.15) is 51.5 Å². The molecule has 0 amide bonds. The molecule has 1 saturated heterocycles. The third kappa shape index (κ3) is 4.96. The molecule has 0 saturated carbocycles. The van der Waals surface area contributed by atoms with Crippen molar-refractivity contribution in [1.82, 2.24) is 30.1 Å². The van der Waals surface area contributed by atoms with Crippen molar-refractivity contribution in [3.63, 3.8) is 0 Å². The van der Waals surface area contributed by atoms with E-state index in [2.05, 4.69) is 75.3 Å². The number of nitrogens with zero attached hydrogens (tertiary/aromatic N) is 6. The van der Waals surface area contributed by atoms with Crippen LogP contribution in [0.3, 0.4) is 0 Å². The van der Waals surface area contributed by atoms with Gasteiger partial charge in [-0.3, -0.25) is 9.69 Å². The molecule has 0 unspecified atom stereocenters. The SMILES string of the molecule is CCOc1ccc2[nH]c(=O)c([C@@H](c3nnnn3C(C)(C)CC)N3CCN(c4ccccc4)CC3)cc2c1. The zero-order chi connectivity index (χ0) is 26.0. The van der Waals surface area contributed by atoms with Gasteiger partial charge in [-0.1, -0.05) is 25.1 Å². The second kappa shape index (κ2) is 10.3. The Balaban J connectivity index is 1.58. The molecule has 0 bridgehead atoms. The highest BCUT2D eigenvalue weighted by Gasteiger charge is 2.35. The Kier molecular flexibility index (Phi) is 6.97. The minimum absolute atomic E-state index is 0.129. The summed E-state index contributed by atoms with van der Waals surface area (Å²) >= 11 is 0. The molecule has 4 aromatic rings. The van der Waals surface area contributed by atoms with Crippen molar-refractivity contribution in [2.24, 2.45) is 0 Å². The maximum absolute atomic E-state index is 13.5. The van der Waals surface area contributed by atoms with Gasteiger partial charge in [0.1, 0.15) is 11.8 Å². The molecule has 3 heterocycles. The van der Waals surface area contributed by atoms with Crippen molar-refractivity contribution in [2.75, 3.05) is 37.7 Å². The number of para-hydroxylation sites is 1. The van der Waals surface area contributed by atoms with E-state index in [1.807, 2.05) is 41.9 Å². The summed E-state index contributed by atoms with van der Waals surface area (Å²) in [4.78, 5) is 21.3. The Hall–Kier alpha value is -3.72. The topological polar surface area (TPSA) is 92.2 Å². The van der Waals surface area contributed by atoms with Crippen LogP contribution < -0.4 is 15.2 Å². The first kappa shape index (κ1) is 25.0. The van der Waals surface area contributed by atoms with Crippen LogP contribution in [0.15, 0.2) is 59.4 Å². The standard InChI is InChI=1S/C28H35N7O2/c1-5-28(3,4)35-26(30-31-32-35)25(34-16-14-33(15-17-34)21-10-8-7-9-11-21)23-19-20-18-22(37-6-2)12-13-24(20)29-27(23)36/h7-13,18-19,25H,5-6,14-17H2,1-4H3,(H,29,36)/t25-/m0/s1. The number of ether oxygens (including phenoxy) is 1. The third-order valence-electron chi connectivity index (χ3n) is 7.43. The molecule has 1 aliphatic heterocycles. The lowest BCUT2D eigenvalue weighted by molar-refractivity contribution is 0.186. The number of pyridine rings is 1. The second-order valence-electron chi connectivity index (χ2n) is 10.1. The number of tetrazole rings is 1. The van der Waals surface area contributed by atoms with Crippen molar-refractivity contribution in [1.29, 1.82) is 0 Å². The number of hydrogen-bond acceptors (Lipinski definition) is 7. The molecule has 0 radical (unpaired) electrons. The van der Waals surface area contributed by atoms with Crippen LogP contribution in [0.25, 0.3) is 10.9 Å². The molecule has 1 N–H and O–H groups in total. The summed E-state index contributed by atoms with van der Waals surface area (Å²) < 4.78 is 7.61. The van der Waals surface area contributed by atoms with E-state index >= 15 is 0 Å². The van der Waals surface area contributed by atoms with E-state index in [1.165, 1.54) is 5.69 Å². The van der Waals surface area contributed by atoms with Crippen molar-refractivity contribution in [2.45, 2.75) is 45.7 Å². The van der Waals surface area contributed by atoms with Gasteiger partial charge in [0.05, 0.1) is 12.1 Å². The van der Waals surface area contributed by atoms with Gasteiger partial charge < -0.3 is 14.6 Å². The fourth-order valence-corrected chi connectivity index (χ4v) is 4.98. The van der Waals surface area contributed by atoms with E-state index in [9.17, 15) is 4.79 Å². The lowest BCUT2D eigenvalue weighted by Crippen LogP contribution is -2.49. The molecule has 1 atom stereocenters. The largest absolute Gasteiger partial charge is 0.494 e. The molecule has 0 aliphatic carbocycles. The molecule has 1 fully saturated rings. The van der Waals surface area contributed by atoms with Gasteiger partial charge >= 0.3 is 0 Å². The summed E-state index contributed by atoms with van der Waals surface area (Å²) in [5, 5.41) is 13.9. The van der Waals surface area contributed by atoms with Crippen LogP contribution in [0.2, 0.25) is 0 Å². The molecule has 5 rings (SSSR count). The summed E-state index contributed by atoms with van der Waals surface area (Å²) in [7, 11) is 0. The molecular formula is C28H35N7O2. The number of anilines is 1. The first-order chi connectivity index (χ1) is 17.9. The first-order valence-electron chi connectivity index (χ1n) is 13.0. The summed E-state index contributed by atoms with van der Waals surface area (Å²) in [6.45, 7) is 12.1. The van der Waals surface area contributed by atoms with E-state index in [4.69, 9.17) is 4.74 Å². The van der Waals surface area contributed by atoms with Gasteiger partial charge in [-0.15, -0.1) is 5.10 Å². The normalized spacial score (nSPS) is 15.7. The van der Waals surface area contributed by atoms with Crippen molar-refractivity contribution >= 4 is 16.6 Å². The molecule has 1 aliphatic rings. The molecule has 0 spiro atoms. The lowest BCUT2D eigenvalue weighted by atomic mass is 9.98. The fourth-order valence-electron chi connectivity index (χ4n) is 4.98. The highest BCUT2D eigenvalue weighted by atomic mass is 16.5. The maximum atomic E-state index is 13.5. The Morgan fingerprint density at radius 3 is 2.49 bits per heavy atom. The highest BCUT2D eigenvalue weighted by molar-refractivity contribution is 5.80. The number of fused-ring (bicyclic) bond motifs is 1. The fraction of sp³-hybridized carbons (Fsp3) is 0.429. The molecule has 2 aromatic carbocycles. The summed E-state index contributed by atoms with van der Waals surface area (Å²) in [6, 6.07) is 17.8. The van der Waals surface area contributed by atoms with Gasteiger partial charge in [-0.2, -0.15) is 0 Å². The summed E-state index contributed by atoms with van der Waals surface area (Å²) in [5.41, 5.74) is 2.20. The van der Waals surface area contributed by atoms with Gasteiger partial charge in [0.25, 0.3) is 5.56 Å². The molecular weight excluding hydrogens is 466 g/mol. The van der Waals surface area contributed by atoms with E-state index in [-0.39, 0.29) is 17.1 Å². The Bertz CT molecular complexity index is 1410. The molecule has 2 aromatic heterocycles. The number of nitrogens with one attached hydrogen (secondary N) is 1. The van der Waals surface area contributed by atoms with Crippen LogP contribution in [-0.4, -0.2) is 62.9 Å². The lowest BCUT2D eigenvalue weighted by Gasteiger charge is -2.40. The van der Waals surface area contributed by atoms with Gasteiger partial charge in [-0.05, 0) is 74.0 Å². The van der Waals surface area contributed by atoms with Crippen LogP contribution in [0.4, 0.5) is 5.69 Å². The quantitative estimate of drug-likeness (QED) is 0.391. The van der Waals surface area contributed by atoms with Crippen molar-refractivity contribution in [3.8, 4) is 5.75 Å². The van der Waals surface area contributed by atoms with Crippen LogP contribution >= 0.6 is 0 Å². The molecule has 9 heteroatoms. The van der Waals surface area contributed by atoms with Gasteiger partial charge in [-0.25, -0.2) is 4.68 Å². The summed E-state index contributed by atoms with van der Waals surface area (Å²) in [6.07, 6.45) is 0.853. The van der Waals surface area contributed by atoms with Gasteiger partial charge in [0.2, 0.25) is 0 Å². The number of hydrogen-bond donors (Lipinski definition) is 1. The predicted molar refractivity (Wildman–Crippen MR) is 145 cm³/mol. The second-order valence-corrected chi connectivity index (χ2v) is 10.1. The maximum Gasteiger partial charge on any atom is 0.253 e. The number of aromatic nitrogens is 5. The van der Waals surface area contributed by atoms with E-state index in [0.29, 0.717) is 18.0 Å². The van der Waals surface area contributed by atoms with Crippen molar-refractivity contribution in [3.05, 3.63) is 76.3 Å². The monoisotopic (exact) mass is 501 g/mol. The number of benzene rings is 2. The van der Waals surface area contributed by atoms with Crippen molar-refractivity contribution < 1.29 is 4.74 Å². The zero-order valence-electron chi connectivity index (χ0n) is 22.0.